The van der Waals surface area contributed by atoms with Crippen LogP contribution in [0.5, 0.6) is 5.75 Å². The Morgan fingerprint density at radius 2 is 2.04 bits per heavy atom. The summed E-state index contributed by atoms with van der Waals surface area (Å²) in [5.74, 6) is -1.81. The number of aliphatic hydroxyl groups is 1. The molecule has 3 N–H and O–H groups in total. The summed E-state index contributed by atoms with van der Waals surface area (Å²) in [7, 11) is 0. The number of hydrogen-bond donors (Lipinski definition) is 3. The molecule has 1 unspecified atom stereocenters. The molecule has 0 aliphatic heterocycles. The van der Waals surface area contributed by atoms with E-state index in [1.807, 2.05) is 36.6 Å². The van der Waals surface area contributed by atoms with Gasteiger partial charge in [0.15, 0.2) is 0 Å². The fourth-order valence-corrected chi connectivity index (χ4v) is 6.27. The molecule has 0 aliphatic rings. The van der Waals surface area contributed by atoms with Crippen molar-refractivity contribution in [1.29, 1.82) is 0 Å². The molecule has 9 nitrogen and oxygen atoms in total. The number of aliphatic hydroxyl groups excluding tert-OH is 1. The van der Waals surface area contributed by atoms with Crippen molar-refractivity contribution >= 4 is 38.2 Å². The van der Waals surface area contributed by atoms with E-state index in [4.69, 9.17) is 9.72 Å². The highest BCUT2D eigenvalue weighted by molar-refractivity contribution is 7.18. The lowest BCUT2D eigenvalue weighted by molar-refractivity contribution is -0.117. The molecule has 0 spiro atoms. The third-order valence-corrected chi connectivity index (χ3v) is 8.35. The minimum absolute atomic E-state index is 0.0358. The average Bonchev–Trinajstić information content (AvgIpc) is 3.80. The molecule has 1 atom stereocenters. The van der Waals surface area contributed by atoms with Gasteiger partial charge in [-0.3, -0.25) is 14.6 Å². The number of benzene rings is 2. The summed E-state index contributed by atoms with van der Waals surface area (Å²) in [5, 5.41) is 27.7. The maximum absolute atomic E-state index is 15.9. The number of nitrogens with one attached hydrogen (secondary N) is 2. The predicted molar refractivity (Wildman–Crippen MR) is 171 cm³/mol. The summed E-state index contributed by atoms with van der Waals surface area (Å²) < 4.78 is 38.7. The van der Waals surface area contributed by atoms with E-state index >= 15 is 4.39 Å². The van der Waals surface area contributed by atoms with Gasteiger partial charge in [0.05, 0.1) is 54.5 Å². The van der Waals surface area contributed by atoms with E-state index in [1.165, 1.54) is 23.5 Å². The lowest BCUT2D eigenvalue weighted by Gasteiger charge is -2.17. The number of thiophene rings is 1. The number of carbonyl (C=O) groups is 1. The molecule has 4 heterocycles. The van der Waals surface area contributed by atoms with Crippen LogP contribution in [0.1, 0.15) is 32.0 Å². The number of H-pyrrole nitrogens is 1. The maximum Gasteiger partial charge on any atom is 0.243 e. The highest BCUT2D eigenvalue weighted by atomic mass is 32.1. The lowest BCUT2D eigenvalue weighted by atomic mass is 9.96. The number of carbonyl (C=O) groups excluding carboxylic acids is 1. The Bertz CT molecular complexity index is 2050. The van der Waals surface area contributed by atoms with Crippen LogP contribution >= 0.6 is 11.3 Å². The van der Waals surface area contributed by atoms with E-state index in [0.29, 0.717) is 41.3 Å². The second kappa shape index (κ2) is 12.6. The monoisotopic (exact) mass is 628 g/mol. The fraction of sp³-hybridized carbons (Fsp3) is 0.212. The van der Waals surface area contributed by atoms with E-state index in [0.717, 1.165) is 32.6 Å². The van der Waals surface area contributed by atoms with Crippen molar-refractivity contribution < 1.29 is 23.4 Å². The highest BCUT2D eigenvalue weighted by Crippen LogP contribution is 2.47. The van der Waals surface area contributed by atoms with Gasteiger partial charge in [0.25, 0.3) is 0 Å². The van der Waals surface area contributed by atoms with Gasteiger partial charge in [-0.1, -0.05) is 19.6 Å². The predicted octanol–water partition coefficient (Wildman–Crippen LogP) is 6.79. The number of ether oxygens (including phenoxy) is 1. The largest absolute Gasteiger partial charge is 0.493 e. The Kier molecular flexibility index (Phi) is 8.42. The Hall–Kier alpha value is -4.94. The van der Waals surface area contributed by atoms with Gasteiger partial charge >= 0.3 is 0 Å². The number of rotatable bonds is 11. The molecule has 4 aromatic heterocycles. The molecular weight excluding hydrogens is 598 g/mol. The number of fused-ring (bicyclic) bond motifs is 2. The molecule has 6 rings (SSSR count). The summed E-state index contributed by atoms with van der Waals surface area (Å²) in [5.41, 5.74) is 4.16. The van der Waals surface area contributed by atoms with E-state index in [9.17, 15) is 14.3 Å². The Morgan fingerprint density at radius 1 is 1.20 bits per heavy atom. The van der Waals surface area contributed by atoms with E-state index in [1.54, 1.807) is 23.9 Å². The number of amides is 1. The van der Waals surface area contributed by atoms with E-state index in [-0.39, 0.29) is 30.4 Å². The number of aromatic nitrogens is 5. The molecule has 1 amide bonds. The minimum Gasteiger partial charge on any atom is -0.493 e. The molecule has 2 aromatic carbocycles. The summed E-state index contributed by atoms with van der Waals surface area (Å²) in [6.45, 7) is 7.81. The van der Waals surface area contributed by atoms with Crippen molar-refractivity contribution in [2.45, 2.75) is 32.9 Å². The molecule has 45 heavy (non-hydrogen) atoms. The van der Waals surface area contributed by atoms with Gasteiger partial charge in [-0.25, -0.2) is 13.8 Å². The maximum atomic E-state index is 15.9. The van der Waals surface area contributed by atoms with Gasteiger partial charge in [0, 0.05) is 38.7 Å². The third kappa shape index (κ3) is 5.69. The normalized spacial score (nSPS) is 12.1. The van der Waals surface area contributed by atoms with E-state index < -0.39 is 17.7 Å². The summed E-state index contributed by atoms with van der Waals surface area (Å²) in [6.07, 6.45) is 3.56. The molecule has 6 aromatic rings. The molecule has 0 radical (unpaired) electrons. The molecule has 12 heteroatoms. The van der Waals surface area contributed by atoms with Crippen molar-refractivity contribution in [1.82, 2.24) is 30.3 Å². The van der Waals surface area contributed by atoms with Crippen molar-refractivity contribution in [2.75, 3.05) is 13.2 Å². The van der Waals surface area contributed by atoms with Crippen LogP contribution in [0.15, 0.2) is 66.7 Å². The molecule has 230 valence electrons. The van der Waals surface area contributed by atoms with Crippen LogP contribution in [0.3, 0.4) is 0 Å². The molecule has 0 aliphatic carbocycles. The van der Waals surface area contributed by atoms with Crippen LogP contribution < -0.4 is 10.1 Å². The number of aromatic amines is 1. The first-order chi connectivity index (χ1) is 21.8. The van der Waals surface area contributed by atoms with Crippen molar-refractivity contribution in [3.63, 3.8) is 0 Å². The van der Waals surface area contributed by atoms with E-state index in [2.05, 4.69) is 27.2 Å². The zero-order valence-corrected chi connectivity index (χ0v) is 25.4. The van der Waals surface area contributed by atoms with Gasteiger partial charge in [0.2, 0.25) is 5.91 Å². The zero-order valence-electron chi connectivity index (χ0n) is 24.6. The molecular formula is C33H30F2N6O3S. The SMILES string of the molecule is C=CC(=O)NC(C)c1cc(-c2nc(-c3ccc4c(cnn4CCO)c3)c3ccsc3c2-c2c(F)cc(F)cc2OCCC)n[nH]1. The number of nitrogens with zero attached hydrogens (tertiary/aromatic N) is 4. The Morgan fingerprint density at radius 3 is 2.82 bits per heavy atom. The number of hydrogen-bond acceptors (Lipinski definition) is 7. The van der Waals surface area contributed by atoms with Gasteiger partial charge in [0.1, 0.15) is 28.8 Å². The lowest BCUT2D eigenvalue weighted by Crippen LogP contribution is -2.24. The van der Waals surface area contributed by atoms with Gasteiger partial charge in [-0.05, 0) is 49.1 Å². The summed E-state index contributed by atoms with van der Waals surface area (Å²) in [4.78, 5) is 17.1. The van der Waals surface area contributed by atoms with Crippen LogP contribution in [-0.4, -0.2) is 49.2 Å². The molecule has 0 saturated carbocycles. The van der Waals surface area contributed by atoms with Gasteiger partial charge in [-0.15, -0.1) is 11.3 Å². The summed E-state index contributed by atoms with van der Waals surface area (Å²) >= 11 is 1.40. The van der Waals surface area contributed by atoms with Crippen LogP contribution in [0.4, 0.5) is 8.78 Å². The third-order valence-electron chi connectivity index (χ3n) is 7.42. The standard InChI is InChI=1S/C33H30F2N6O3S/c1-4-11-44-27-15-21(34)14-23(35)29(27)30-32(25-16-24(39-40-25)18(3)37-28(43)5-2)38-31(22-8-12-45-33(22)30)19-6-7-26-20(13-19)17-36-41(26)9-10-42/h5-8,12-18,42H,2,4,9-11H2,1,3H3,(H,37,43)(H,39,40). The molecule has 0 fully saturated rings. The first-order valence-corrected chi connectivity index (χ1v) is 15.3. The topological polar surface area (TPSA) is 118 Å². The smallest absolute Gasteiger partial charge is 0.243 e. The van der Waals surface area contributed by atoms with Crippen LogP contribution in [0.25, 0.3) is 54.8 Å². The first-order valence-electron chi connectivity index (χ1n) is 14.4. The number of halogens is 2. The molecule has 0 bridgehead atoms. The highest BCUT2D eigenvalue weighted by Gasteiger charge is 2.27. The Labute approximate surface area is 261 Å². The van der Waals surface area contributed by atoms with Crippen LogP contribution in [0.2, 0.25) is 0 Å². The van der Waals surface area contributed by atoms with Crippen LogP contribution in [-0.2, 0) is 11.3 Å². The first kappa shape index (κ1) is 30.1. The van der Waals surface area contributed by atoms with Crippen LogP contribution in [0, 0.1) is 11.6 Å². The zero-order chi connectivity index (χ0) is 31.7. The van der Waals surface area contributed by atoms with Gasteiger partial charge in [-0.2, -0.15) is 10.2 Å². The minimum atomic E-state index is -0.785. The van der Waals surface area contributed by atoms with Crippen molar-refractivity contribution in [3.8, 4) is 39.5 Å². The number of pyridine rings is 1. The van der Waals surface area contributed by atoms with Crippen molar-refractivity contribution in [2.24, 2.45) is 0 Å². The second-order valence-corrected chi connectivity index (χ2v) is 11.4. The summed E-state index contributed by atoms with van der Waals surface area (Å²) in [6, 6.07) is 11.1. The fourth-order valence-electron chi connectivity index (χ4n) is 5.32. The quantitative estimate of drug-likeness (QED) is 0.136. The second-order valence-electron chi connectivity index (χ2n) is 10.5. The average molecular weight is 629 g/mol. The van der Waals surface area contributed by atoms with Crippen molar-refractivity contribution in [3.05, 3.63) is 84.0 Å². The molecule has 0 saturated heterocycles. The Balaban J connectivity index is 1.61. The van der Waals surface area contributed by atoms with Gasteiger partial charge < -0.3 is 15.2 Å².